The first-order valence-electron chi connectivity index (χ1n) is 5.60. The van der Waals surface area contributed by atoms with E-state index >= 15 is 0 Å². The lowest BCUT2D eigenvalue weighted by atomic mass is 10.1. The van der Waals surface area contributed by atoms with Crippen molar-refractivity contribution >= 4 is 5.69 Å². The molecule has 0 aromatic carbocycles. The van der Waals surface area contributed by atoms with Gasteiger partial charge in [-0.25, -0.2) is 0 Å². The van der Waals surface area contributed by atoms with Crippen LogP contribution in [0.25, 0.3) is 0 Å². The van der Waals surface area contributed by atoms with Crippen LogP contribution in [0.1, 0.15) is 27.7 Å². The third-order valence-corrected chi connectivity index (χ3v) is 2.39. The minimum atomic E-state index is 0.116. The van der Waals surface area contributed by atoms with Crippen molar-refractivity contribution in [3.8, 4) is 11.8 Å². The van der Waals surface area contributed by atoms with Crippen molar-refractivity contribution in [1.29, 1.82) is 0 Å². The third kappa shape index (κ3) is 3.29. The van der Waals surface area contributed by atoms with Crippen molar-refractivity contribution in [2.75, 3.05) is 12.3 Å². The van der Waals surface area contributed by atoms with E-state index in [9.17, 15) is 0 Å². The number of aromatic nitrogens is 1. The molecule has 1 aromatic heterocycles. The standard InChI is InChI=1S/C12H20N2O2/c1-5-15-12-10(13)6-7-11(14-12)16-9(4)8(2)3/h6-9H,5,13H2,1-4H3. The highest BCUT2D eigenvalue weighted by atomic mass is 16.5. The maximum atomic E-state index is 5.72. The number of nitrogen functional groups attached to an aromatic ring is 1. The Hall–Kier alpha value is -1.45. The normalized spacial score (nSPS) is 12.6. The molecule has 1 aromatic rings. The van der Waals surface area contributed by atoms with E-state index in [2.05, 4.69) is 18.8 Å². The van der Waals surface area contributed by atoms with E-state index in [-0.39, 0.29) is 6.10 Å². The average molecular weight is 224 g/mol. The molecular weight excluding hydrogens is 204 g/mol. The summed E-state index contributed by atoms with van der Waals surface area (Å²) in [7, 11) is 0. The Bertz CT molecular complexity index is 340. The molecule has 90 valence electrons. The molecule has 1 rings (SSSR count). The lowest BCUT2D eigenvalue weighted by molar-refractivity contribution is 0.161. The van der Waals surface area contributed by atoms with Crippen molar-refractivity contribution in [3.63, 3.8) is 0 Å². The molecule has 0 radical (unpaired) electrons. The van der Waals surface area contributed by atoms with E-state index in [0.29, 0.717) is 30.0 Å². The summed E-state index contributed by atoms with van der Waals surface area (Å²) in [4.78, 5) is 4.21. The predicted octanol–water partition coefficient (Wildman–Crippen LogP) is 2.49. The van der Waals surface area contributed by atoms with Crippen molar-refractivity contribution in [2.24, 2.45) is 5.92 Å². The summed E-state index contributed by atoms with van der Waals surface area (Å²) in [5.74, 6) is 1.43. The fourth-order valence-electron chi connectivity index (χ4n) is 1.08. The molecule has 16 heavy (non-hydrogen) atoms. The van der Waals surface area contributed by atoms with Gasteiger partial charge >= 0.3 is 0 Å². The molecule has 4 heteroatoms. The van der Waals surface area contributed by atoms with Crippen LogP contribution in [0.5, 0.6) is 11.8 Å². The second-order valence-corrected chi connectivity index (χ2v) is 4.04. The summed E-state index contributed by atoms with van der Waals surface area (Å²) in [6, 6.07) is 3.51. The van der Waals surface area contributed by atoms with Crippen LogP contribution in [0, 0.1) is 5.92 Å². The van der Waals surface area contributed by atoms with Crippen molar-refractivity contribution in [3.05, 3.63) is 12.1 Å². The molecule has 0 aliphatic heterocycles. The fourth-order valence-corrected chi connectivity index (χ4v) is 1.08. The molecular formula is C12H20N2O2. The SMILES string of the molecule is CCOc1nc(OC(C)C(C)C)ccc1N. The van der Waals surface area contributed by atoms with E-state index < -0.39 is 0 Å². The van der Waals surface area contributed by atoms with Crippen LogP contribution < -0.4 is 15.2 Å². The van der Waals surface area contributed by atoms with Gasteiger partial charge in [-0.2, -0.15) is 4.98 Å². The summed E-state index contributed by atoms with van der Waals surface area (Å²) >= 11 is 0. The maximum Gasteiger partial charge on any atom is 0.240 e. The highest BCUT2D eigenvalue weighted by Gasteiger charge is 2.11. The van der Waals surface area contributed by atoms with E-state index in [0.717, 1.165) is 0 Å². The van der Waals surface area contributed by atoms with Gasteiger partial charge in [-0.1, -0.05) is 13.8 Å². The number of nitrogens with zero attached hydrogens (tertiary/aromatic N) is 1. The quantitative estimate of drug-likeness (QED) is 0.834. The van der Waals surface area contributed by atoms with Crippen LogP contribution in [0.4, 0.5) is 5.69 Å². The van der Waals surface area contributed by atoms with E-state index in [1.165, 1.54) is 0 Å². The number of hydrogen-bond acceptors (Lipinski definition) is 4. The predicted molar refractivity (Wildman–Crippen MR) is 64.7 cm³/mol. The smallest absolute Gasteiger partial charge is 0.240 e. The second-order valence-electron chi connectivity index (χ2n) is 4.04. The number of hydrogen-bond donors (Lipinski definition) is 1. The zero-order chi connectivity index (χ0) is 12.1. The zero-order valence-corrected chi connectivity index (χ0v) is 10.4. The highest BCUT2D eigenvalue weighted by Crippen LogP contribution is 2.23. The summed E-state index contributed by atoms with van der Waals surface area (Å²) in [5, 5.41) is 0. The van der Waals surface area contributed by atoms with Gasteiger partial charge in [0.15, 0.2) is 0 Å². The van der Waals surface area contributed by atoms with Crippen LogP contribution in [-0.2, 0) is 0 Å². The first-order valence-corrected chi connectivity index (χ1v) is 5.60. The maximum absolute atomic E-state index is 5.72. The van der Waals surface area contributed by atoms with Crippen LogP contribution >= 0.6 is 0 Å². The monoisotopic (exact) mass is 224 g/mol. The molecule has 0 fully saturated rings. The van der Waals surface area contributed by atoms with Gasteiger partial charge in [-0.15, -0.1) is 0 Å². The molecule has 1 atom stereocenters. The van der Waals surface area contributed by atoms with Gasteiger partial charge in [0.2, 0.25) is 11.8 Å². The largest absolute Gasteiger partial charge is 0.476 e. The molecule has 1 heterocycles. The lowest BCUT2D eigenvalue weighted by Gasteiger charge is -2.17. The Kier molecular flexibility index (Phi) is 4.40. The van der Waals surface area contributed by atoms with Gasteiger partial charge in [0, 0.05) is 6.07 Å². The van der Waals surface area contributed by atoms with Crippen LogP contribution in [0.2, 0.25) is 0 Å². The molecule has 0 saturated carbocycles. The highest BCUT2D eigenvalue weighted by molar-refractivity contribution is 5.49. The van der Waals surface area contributed by atoms with Crippen molar-refractivity contribution < 1.29 is 9.47 Å². The minimum absolute atomic E-state index is 0.116. The Balaban J connectivity index is 2.78. The minimum Gasteiger partial charge on any atom is -0.476 e. The molecule has 1 unspecified atom stereocenters. The Labute approximate surface area is 96.8 Å². The molecule has 0 spiro atoms. The molecule has 0 amide bonds. The molecule has 0 saturated heterocycles. The Morgan fingerprint density at radius 2 is 2.00 bits per heavy atom. The van der Waals surface area contributed by atoms with E-state index in [1.54, 1.807) is 12.1 Å². The summed E-state index contributed by atoms with van der Waals surface area (Å²) < 4.78 is 11.0. The number of ether oxygens (including phenoxy) is 2. The van der Waals surface area contributed by atoms with Crippen LogP contribution in [0.3, 0.4) is 0 Å². The topological polar surface area (TPSA) is 57.4 Å². The van der Waals surface area contributed by atoms with Gasteiger partial charge < -0.3 is 15.2 Å². The summed E-state index contributed by atoms with van der Waals surface area (Å²) in [6.07, 6.45) is 0.116. The first-order chi connectivity index (χ1) is 7.54. The van der Waals surface area contributed by atoms with Gasteiger partial charge in [-0.05, 0) is 25.8 Å². The number of pyridine rings is 1. The van der Waals surface area contributed by atoms with E-state index in [1.807, 2.05) is 13.8 Å². The molecule has 0 aliphatic rings. The van der Waals surface area contributed by atoms with Gasteiger partial charge in [0.1, 0.15) is 0 Å². The van der Waals surface area contributed by atoms with Crippen molar-refractivity contribution in [1.82, 2.24) is 4.98 Å². The lowest BCUT2D eigenvalue weighted by Crippen LogP contribution is -2.19. The Morgan fingerprint density at radius 3 is 2.56 bits per heavy atom. The van der Waals surface area contributed by atoms with Crippen LogP contribution in [0.15, 0.2) is 12.1 Å². The second kappa shape index (κ2) is 5.58. The molecule has 0 bridgehead atoms. The van der Waals surface area contributed by atoms with Gasteiger partial charge in [0.05, 0.1) is 18.4 Å². The third-order valence-electron chi connectivity index (χ3n) is 2.39. The number of rotatable bonds is 5. The fraction of sp³-hybridized carbons (Fsp3) is 0.583. The van der Waals surface area contributed by atoms with E-state index in [4.69, 9.17) is 15.2 Å². The number of anilines is 1. The van der Waals surface area contributed by atoms with Gasteiger partial charge in [-0.3, -0.25) is 0 Å². The zero-order valence-electron chi connectivity index (χ0n) is 10.4. The first kappa shape index (κ1) is 12.6. The summed E-state index contributed by atoms with van der Waals surface area (Å²) in [6.45, 7) is 8.66. The molecule has 2 N–H and O–H groups in total. The summed E-state index contributed by atoms with van der Waals surface area (Å²) in [5.41, 5.74) is 6.26. The molecule has 0 aliphatic carbocycles. The average Bonchev–Trinajstić information content (AvgIpc) is 2.23. The van der Waals surface area contributed by atoms with Crippen LogP contribution in [-0.4, -0.2) is 17.7 Å². The van der Waals surface area contributed by atoms with Crippen molar-refractivity contribution in [2.45, 2.75) is 33.8 Å². The number of nitrogens with two attached hydrogens (primary N) is 1. The van der Waals surface area contributed by atoms with Gasteiger partial charge in [0.25, 0.3) is 0 Å². The Morgan fingerprint density at radius 1 is 1.31 bits per heavy atom. The molecule has 4 nitrogen and oxygen atoms in total.